The van der Waals surface area contributed by atoms with Gasteiger partial charge in [-0.05, 0) is 24.1 Å². The molecule has 1 aromatic rings. The summed E-state index contributed by atoms with van der Waals surface area (Å²) in [4.78, 5) is 0.389. The summed E-state index contributed by atoms with van der Waals surface area (Å²) in [6, 6.07) is 7.00. The Kier molecular flexibility index (Phi) is 2.63. The summed E-state index contributed by atoms with van der Waals surface area (Å²) in [5.41, 5.74) is 1.51. The van der Waals surface area contributed by atoms with Crippen LogP contribution in [-0.2, 0) is 14.6 Å². The van der Waals surface area contributed by atoms with Crippen LogP contribution in [0.5, 0.6) is 0 Å². The first-order valence-corrected chi connectivity index (χ1v) is 6.32. The molecule has 0 aromatic heterocycles. The molecule has 1 heterocycles. The number of hydrogen-bond donors (Lipinski definition) is 0. The van der Waals surface area contributed by atoms with Crippen molar-refractivity contribution in [3.05, 3.63) is 35.2 Å². The van der Waals surface area contributed by atoms with Gasteiger partial charge in [-0.2, -0.15) is 0 Å². The summed E-state index contributed by atoms with van der Waals surface area (Å²) in [5.74, 6) is 0. The highest BCUT2D eigenvalue weighted by Crippen LogP contribution is 2.32. The second-order valence-electron chi connectivity index (χ2n) is 3.32. The fourth-order valence-electron chi connectivity index (χ4n) is 1.62. The summed E-state index contributed by atoms with van der Waals surface area (Å²) in [5, 5.41) is 1.30. The molecule has 0 spiro atoms. The zero-order chi connectivity index (χ0) is 10.9. The second kappa shape index (κ2) is 3.79. The fraction of sp³-hybridized carbons (Fsp3) is 0.273. The molecule has 0 amide bonds. The van der Waals surface area contributed by atoms with Crippen LogP contribution < -0.4 is 0 Å². The average molecular weight is 224 g/mol. The van der Waals surface area contributed by atoms with Crippen molar-refractivity contribution in [3.63, 3.8) is 0 Å². The van der Waals surface area contributed by atoms with Crippen molar-refractivity contribution >= 4 is 15.4 Å². The maximum absolute atomic E-state index is 11.7. The largest absolute Gasteiger partial charge is 0.377 e. The third-order valence-corrected chi connectivity index (χ3v) is 3.86. The predicted molar refractivity (Wildman–Crippen MR) is 58.1 cm³/mol. The minimum atomic E-state index is -3.23. The van der Waals surface area contributed by atoms with E-state index >= 15 is 0 Å². The van der Waals surface area contributed by atoms with E-state index < -0.39 is 9.84 Å². The molecule has 0 atom stereocenters. The van der Waals surface area contributed by atoms with Crippen molar-refractivity contribution in [1.29, 1.82) is 0 Å². The van der Waals surface area contributed by atoms with E-state index in [-0.39, 0.29) is 0 Å². The molecule has 0 saturated carbocycles. The summed E-state index contributed by atoms with van der Waals surface area (Å²) < 4.78 is 28.6. The Balaban J connectivity index is 2.44. The number of rotatable bonds is 3. The summed E-state index contributed by atoms with van der Waals surface area (Å²) >= 11 is 0. The van der Waals surface area contributed by atoms with Gasteiger partial charge in [0.15, 0.2) is 0 Å². The number of sulfone groups is 1. The SMILES string of the molecule is CCOCC1=CS(=O)(=O)c2ccccc21. The predicted octanol–water partition coefficient (Wildman–Crippen LogP) is 1.85. The number of ether oxygens (including phenoxy) is 1. The van der Waals surface area contributed by atoms with E-state index in [2.05, 4.69) is 0 Å². The Morgan fingerprint density at radius 3 is 2.73 bits per heavy atom. The van der Waals surface area contributed by atoms with Crippen LogP contribution in [0.3, 0.4) is 0 Å². The van der Waals surface area contributed by atoms with Crippen molar-refractivity contribution in [2.24, 2.45) is 0 Å². The van der Waals surface area contributed by atoms with Gasteiger partial charge < -0.3 is 4.74 Å². The lowest BCUT2D eigenvalue weighted by Crippen LogP contribution is -1.95. The zero-order valence-corrected chi connectivity index (χ0v) is 9.25. The van der Waals surface area contributed by atoms with Crippen molar-refractivity contribution < 1.29 is 13.2 Å². The lowest BCUT2D eigenvalue weighted by atomic mass is 10.1. The molecule has 80 valence electrons. The van der Waals surface area contributed by atoms with Crippen molar-refractivity contribution in [2.45, 2.75) is 11.8 Å². The van der Waals surface area contributed by atoms with E-state index in [0.29, 0.717) is 18.1 Å². The minimum absolute atomic E-state index is 0.354. The molecule has 0 fully saturated rings. The van der Waals surface area contributed by atoms with Crippen LogP contribution in [0.1, 0.15) is 12.5 Å². The van der Waals surface area contributed by atoms with Crippen LogP contribution in [0, 0.1) is 0 Å². The smallest absolute Gasteiger partial charge is 0.200 e. The maximum atomic E-state index is 11.7. The molecule has 2 rings (SSSR count). The Labute approximate surface area is 89.3 Å². The quantitative estimate of drug-likeness (QED) is 0.787. The lowest BCUT2D eigenvalue weighted by Gasteiger charge is -2.03. The van der Waals surface area contributed by atoms with Crippen LogP contribution >= 0.6 is 0 Å². The van der Waals surface area contributed by atoms with E-state index in [0.717, 1.165) is 11.1 Å². The molecule has 3 nitrogen and oxygen atoms in total. The number of benzene rings is 1. The normalized spacial score (nSPS) is 17.3. The van der Waals surface area contributed by atoms with E-state index in [1.165, 1.54) is 5.41 Å². The van der Waals surface area contributed by atoms with Gasteiger partial charge in [0, 0.05) is 12.0 Å². The Morgan fingerprint density at radius 2 is 2.00 bits per heavy atom. The van der Waals surface area contributed by atoms with Gasteiger partial charge in [-0.1, -0.05) is 18.2 Å². The molecule has 1 aliphatic rings. The van der Waals surface area contributed by atoms with Gasteiger partial charge in [-0.15, -0.1) is 0 Å². The highest BCUT2D eigenvalue weighted by Gasteiger charge is 2.25. The van der Waals surface area contributed by atoms with E-state index in [1.807, 2.05) is 19.1 Å². The lowest BCUT2D eigenvalue weighted by molar-refractivity contribution is 0.182. The molecule has 0 bridgehead atoms. The molecule has 4 heteroatoms. The van der Waals surface area contributed by atoms with Gasteiger partial charge in [-0.25, -0.2) is 8.42 Å². The summed E-state index contributed by atoms with van der Waals surface area (Å²) in [7, 11) is -3.23. The summed E-state index contributed by atoms with van der Waals surface area (Å²) in [6.07, 6.45) is 0. The molecule has 0 N–H and O–H groups in total. The standard InChI is InChI=1S/C11H12O3S/c1-2-14-7-9-8-15(12,13)11-6-4-3-5-10(9)11/h3-6,8H,2,7H2,1H3. The van der Waals surface area contributed by atoms with E-state index in [9.17, 15) is 8.42 Å². The van der Waals surface area contributed by atoms with Gasteiger partial charge in [0.25, 0.3) is 0 Å². The highest BCUT2D eigenvalue weighted by atomic mass is 32.2. The Hall–Kier alpha value is -1.13. The van der Waals surface area contributed by atoms with Crippen LogP contribution in [-0.4, -0.2) is 21.6 Å². The average Bonchev–Trinajstić information content (AvgIpc) is 2.49. The molecule has 0 saturated heterocycles. The minimum Gasteiger partial charge on any atom is -0.377 e. The maximum Gasteiger partial charge on any atom is 0.200 e. The fourth-order valence-corrected chi connectivity index (χ4v) is 3.09. The molecule has 1 aromatic carbocycles. The van der Waals surface area contributed by atoms with Crippen LogP contribution in [0.25, 0.3) is 5.57 Å². The topological polar surface area (TPSA) is 43.4 Å². The van der Waals surface area contributed by atoms with Gasteiger partial charge in [0.2, 0.25) is 9.84 Å². The molecular formula is C11H12O3S. The van der Waals surface area contributed by atoms with Crippen LogP contribution in [0.15, 0.2) is 34.6 Å². The van der Waals surface area contributed by atoms with Gasteiger partial charge in [-0.3, -0.25) is 0 Å². The van der Waals surface area contributed by atoms with E-state index in [1.54, 1.807) is 12.1 Å². The second-order valence-corrected chi connectivity index (χ2v) is 5.09. The summed E-state index contributed by atoms with van der Waals surface area (Å²) in [6.45, 7) is 2.82. The number of fused-ring (bicyclic) bond motifs is 1. The number of hydrogen-bond acceptors (Lipinski definition) is 3. The van der Waals surface area contributed by atoms with Crippen LogP contribution in [0.2, 0.25) is 0 Å². The highest BCUT2D eigenvalue weighted by molar-refractivity contribution is 7.95. The van der Waals surface area contributed by atoms with Crippen molar-refractivity contribution in [1.82, 2.24) is 0 Å². The van der Waals surface area contributed by atoms with Crippen molar-refractivity contribution in [2.75, 3.05) is 13.2 Å². The van der Waals surface area contributed by atoms with Gasteiger partial charge in [0.1, 0.15) is 0 Å². The molecule has 0 aliphatic carbocycles. The Bertz CT molecular complexity index is 500. The van der Waals surface area contributed by atoms with E-state index in [4.69, 9.17) is 4.74 Å². The van der Waals surface area contributed by atoms with Gasteiger partial charge >= 0.3 is 0 Å². The monoisotopic (exact) mass is 224 g/mol. The van der Waals surface area contributed by atoms with Crippen LogP contribution in [0.4, 0.5) is 0 Å². The van der Waals surface area contributed by atoms with Crippen molar-refractivity contribution in [3.8, 4) is 0 Å². The zero-order valence-electron chi connectivity index (χ0n) is 8.43. The molecule has 1 aliphatic heterocycles. The first-order chi connectivity index (χ1) is 7.15. The van der Waals surface area contributed by atoms with Gasteiger partial charge in [0.05, 0.1) is 11.5 Å². The molecule has 15 heavy (non-hydrogen) atoms. The molecular weight excluding hydrogens is 212 g/mol. The first-order valence-electron chi connectivity index (χ1n) is 4.78. The molecule has 0 unspecified atom stereocenters. The first kappa shape index (κ1) is 10.4. The third kappa shape index (κ3) is 1.82. The molecule has 0 radical (unpaired) electrons. The Morgan fingerprint density at radius 1 is 1.27 bits per heavy atom. The third-order valence-electron chi connectivity index (χ3n) is 2.30.